The summed E-state index contributed by atoms with van der Waals surface area (Å²) in [6.45, 7) is 0. The molecule has 62 heavy (non-hydrogen) atoms. The first-order valence-electron chi connectivity index (χ1n) is 18.8. The fourth-order valence-corrected chi connectivity index (χ4v) is 7.64. The molecule has 0 unspecified atom stereocenters. The molecule has 4 aromatic carbocycles. The lowest BCUT2D eigenvalue weighted by Crippen LogP contribution is -2.06. The molecule has 0 amide bonds. The van der Waals surface area contributed by atoms with Crippen molar-refractivity contribution in [3.63, 3.8) is 0 Å². The highest BCUT2D eigenvalue weighted by Crippen LogP contribution is 2.32. The largest absolute Gasteiger partial charge is 0.416 e. The van der Waals surface area contributed by atoms with Crippen molar-refractivity contribution in [2.75, 3.05) is 6.26 Å². The van der Waals surface area contributed by atoms with Crippen LogP contribution in [0.3, 0.4) is 0 Å². The third kappa shape index (κ3) is 7.86. The number of benzene rings is 4. The highest BCUT2D eigenvalue weighted by Gasteiger charge is 2.30. The first-order valence-corrected chi connectivity index (χ1v) is 20.7. The Bertz CT molecular complexity index is 3320. The quantitative estimate of drug-likeness (QED) is 0.148. The predicted molar refractivity (Wildman–Crippen MR) is 224 cm³/mol. The molecule has 6 heterocycles. The van der Waals surface area contributed by atoms with E-state index in [4.69, 9.17) is 0 Å². The number of alkyl halides is 3. The number of imidazole rings is 2. The number of pyridine rings is 2. The van der Waals surface area contributed by atoms with Gasteiger partial charge in [0.05, 0.1) is 69.4 Å². The standard InChI is InChI=1S/C23H14F4N4.C23H17FN4O2S/c24-18-6-1-15(2-7-18)21-13-28-22-10-3-16(14-30(21)22)20-11-12-29-31(20)19-8-4-17(5-9-19)23(25,26)27;1-31(29,30)20-9-2-16(3-10-20)22-14-25-23-11-4-17(15-27(22)23)21-12-13-26-28(21)19-7-5-18(24)6-8-19/h1-14H;2-15H,1H3. The highest BCUT2D eigenvalue weighted by molar-refractivity contribution is 7.90. The second-order valence-corrected chi connectivity index (χ2v) is 16.2. The fourth-order valence-electron chi connectivity index (χ4n) is 7.01. The summed E-state index contributed by atoms with van der Waals surface area (Å²) >= 11 is 0. The van der Waals surface area contributed by atoms with Crippen LogP contribution < -0.4 is 0 Å². The van der Waals surface area contributed by atoms with Gasteiger partial charge in [-0.3, -0.25) is 8.80 Å². The molecule has 6 aromatic heterocycles. The number of halogens is 5. The number of hydrogen-bond donors (Lipinski definition) is 0. The van der Waals surface area contributed by atoms with E-state index in [0.717, 1.165) is 62.8 Å². The van der Waals surface area contributed by atoms with Gasteiger partial charge in [0.2, 0.25) is 0 Å². The molecule has 0 saturated carbocycles. The van der Waals surface area contributed by atoms with Crippen LogP contribution in [0, 0.1) is 11.6 Å². The molecule has 0 aliphatic carbocycles. The number of sulfone groups is 1. The van der Waals surface area contributed by atoms with Crippen molar-refractivity contribution in [2.24, 2.45) is 0 Å². The topological polar surface area (TPSA) is 104 Å². The third-order valence-electron chi connectivity index (χ3n) is 10.1. The van der Waals surface area contributed by atoms with Gasteiger partial charge in [-0.25, -0.2) is 36.5 Å². The molecule has 0 atom stereocenters. The van der Waals surface area contributed by atoms with Crippen molar-refractivity contribution in [3.05, 3.63) is 188 Å². The Labute approximate surface area is 350 Å². The Balaban J connectivity index is 0.000000158. The monoisotopic (exact) mass is 854 g/mol. The van der Waals surface area contributed by atoms with Crippen molar-refractivity contribution in [3.8, 4) is 56.4 Å². The van der Waals surface area contributed by atoms with E-state index in [2.05, 4.69) is 20.2 Å². The minimum absolute atomic E-state index is 0.272. The van der Waals surface area contributed by atoms with Crippen LogP contribution in [-0.4, -0.2) is 53.0 Å². The summed E-state index contributed by atoms with van der Waals surface area (Å²) in [6, 6.07) is 35.1. The molecule has 0 aliphatic rings. The van der Waals surface area contributed by atoms with Gasteiger partial charge in [0.15, 0.2) is 9.84 Å². The van der Waals surface area contributed by atoms with E-state index in [1.54, 1.807) is 88.7 Å². The van der Waals surface area contributed by atoms with E-state index in [9.17, 15) is 30.4 Å². The van der Waals surface area contributed by atoms with E-state index in [0.29, 0.717) is 17.0 Å². The maximum Gasteiger partial charge on any atom is 0.416 e. The third-order valence-corrected chi connectivity index (χ3v) is 11.2. The van der Waals surface area contributed by atoms with Gasteiger partial charge in [-0.05, 0) is 121 Å². The first kappa shape index (κ1) is 39.7. The number of fused-ring (bicyclic) bond motifs is 2. The molecule has 0 aliphatic heterocycles. The summed E-state index contributed by atoms with van der Waals surface area (Å²) in [5.74, 6) is -0.623. The van der Waals surface area contributed by atoms with Gasteiger partial charge in [0.1, 0.15) is 22.9 Å². The zero-order chi connectivity index (χ0) is 43.2. The van der Waals surface area contributed by atoms with Gasteiger partial charge < -0.3 is 0 Å². The van der Waals surface area contributed by atoms with Crippen LogP contribution >= 0.6 is 0 Å². The molecule has 0 radical (unpaired) electrons. The molecule has 308 valence electrons. The van der Waals surface area contributed by atoms with E-state index in [1.807, 2.05) is 51.5 Å². The minimum atomic E-state index is -4.39. The molecule has 0 spiro atoms. The van der Waals surface area contributed by atoms with Crippen LogP contribution in [-0.2, 0) is 16.0 Å². The molecular formula is C46H31F5N8O2S. The summed E-state index contributed by atoms with van der Waals surface area (Å²) in [4.78, 5) is 9.13. The Morgan fingerprint density at radius 1 is 0.484 bits per heavy atom. The van der Waals surface area contributed by atoms with Crippen LogP contribution in [0.2, 0.25) is 0 Å². The number of aromatic nitrogens is 8. The van der Waals surface area contributed by atoms with Crippen LogP contribution in [0.25, 0.3) is 67.7 Å². The molecule has 0 N–H and O–H groups in total. The number of rotatable bonds is 7. The summed E-state index contributed by atoms with van der Waals surface area (Å²) in [5.41, 5.74) is 8.57. The van der Waals surface area contributed by atoms with Crippen LogP contribution in [0.4, 0.5) is 22.0 Å². The average molecular weight is 855 g/mol. The summed E-state index contributed by atoms with van der Waals surface area (Å²) < 4.78 is 95.9. The van der Waals surface area contributed by atoms with E-state index >= 15 is 0 Å². The second-order valence-electron chi connectivity index (χ2n) is 14.2. The normalized spacial score (nSPS) is 11.8. The molecule has 10 aromatic rings. The van der Waals surface area contributed by atoms with Crippen molar-refractivity contribution in [2.45, 2.75) is 11.1 Å². The zero-order valence-electron chi connectivity index (χ0n) is 32.4. The molecule has 0 fully saturated rings. The molecule has 0 saturated heterocycles. The maximum atomic E-state index is 13.3. The number of nitrogens with zero attached hydrogens (tertiary/aromatic N) is 8. The Morgan fingerprint density at radius 3 is 1.32 bits per heavy atom. The molecule has 16 heteroatoms. The molecular weight excluding hydrogens is 824 g/mol. The van der Waals surface area contributed by atoms with Gasteiger partial charge in [-0.2, -0.15) is 23.4 Å². The summed E-state index contributed by atoms with van der Waals surface area (Å²) in [6.07, 6.45) is 7.37. The van der Waals surface area contributed by atoms with Crippen molar-refractivity contribution in [1.29, 1.82) is 0 Å². The lowest BCUT2D eigenvalue weighted by atomic mass is 10.1. The van der Waals surface area contributed by atoms with Crippen LogP contribution in [0.5, 0.6) is 0 Å². The lowest BCUT2D eigenvalue weighted by molar-refractivity contribution is -0.137. The predicted octanol–water partition coefficient (Wildman–Crippen LogP) is 10.4. The Morgan fingerprint density at radius 2 is 0.887 bits per heavy atom. The Hall–Kier alpha value is -7.72. The van der Waals surface area contributed by atoms with Gasteiger partial charge in [-0.15, -0.1) is 0 Å². The smallest absolute Gasteiger partial charge is 0.299 e. The van der Waals surface area contributed by atoms with Crippen LogP contribution in [0.15, 0.2) is 176 Å². The van der Waals surface area contributed by atoms with E-state index in [1.165, 1.54) is 42.7 Å². The summed E-state index contributed by atoms with van der Waals surface area (Å²) in [5, 5.41) is 8.67. The van der Waals surface area contributed by atoms with Crippen LogP contribution in [0.1, 0.15) is 5.56 Å². The maximum absolute atomic E-state index is 13.3. The second kappa shape index (κ2) is 15.7. The average Bonchev–Trinajstić information content (AvgIpc) is 4.10. The molecule has 10 nitrogen and oxygen atoms in total. The van der Waals surface area contributed by atoms with Gasteiger partial charge >= 0.3 is 6.18 Å². The molecule has 0 bridgehead atoms. The fraction of sp³-hybridized carbons (Fsp3) is 0.0435. The highest BCUT2D eigenvalue weighted by atomic mass is 32.2. The Kier molecular flexibility index (Phi) is 10.1. The van der Waals surface area contributed by atoms with Crippen molar-refractivity contribution >= 4 is 21.1 Å². The summed E-state index contributed by atoms with van der Waals surface area (Å²) in [7, 11) is -3.26. The van der Waals surface area contributed by atoms with Gasteiger partial charge in [-0.1, -0.05) is 12.1 Å². The van der Waals surface area contributed by atoms with Gasteiger partial charge in [0, 0.05) is 40.9 Å². The van der Waals surface area contributed by atoms with Crippen molar-refractivity contribution in [1.82, 2.24) is 38.3 Å². The SMILES string of the molecule is CS(=O)(=O)c1ccc(-c2cnc3ccc(-c4ccnn4-c4ccc(F)cc4)cn23)cc1.Fc1ccc(-c2cnc3ccc(-c4ccnn4-c4ccc(C(F)(F)F)cc4)cn23)cc1. The minimum Gasteiger partial charge on any atom is -0.299 e. The lowest BCUT2D eigenvalue weighted by Gasteiger charge is -2.11. The first-order chi connectivity index (χ1) is 29.8. The van der Waals surface area contributed by atoms with E-state index < -0.39 is 21.6 Å². The zero-order valence-corrected chi connectivity index (χ0v) is 33.2. The molecule has 10 rings (SSSR count). The van der Waals surface area contributed by atoms with Gasteiger partial charge in [0.25, 0.3) is 0 Å². The number of hydrogen-bond acceptors (Lipinski definition) is 6. The van der Waals surface area contributed by atoms with E-state index in [-0.39, 0.29) is 16.5 Å². The van der Waals surface area contributed by atoms with Crippen molar-refractivity contribution < 1.29 is 30.4 Å².